The molecular weight excluding hydrogens is 192 g/mol. The maximum Gasteiger partial charge on any atom is 0.233 e. The first-order valence-corrected chi connectivity index (χ1v) is 4.81. The van der Waals surface area contributed by atoms with Crippen LogP contribution in [0.2, 0.25) is 0 Å². The third-order valence-electron chi connectivity index (χ3n) is 2.25. The average Bonchev–Trinajstić information content (AvgIpc) is 2.26. The van der Waals surface area contributed by atoms with Crippen molar-refractivity contribution in [3.8, 4) is 0 Å². The Morgan fingerprint density at radius 3 is 2.40 bits per heavy atom. The van der Waals surface area contributed by atoms with Gasteiger partial charge >= 0.3 is 0 Å². The van der Waals surface area contributed by atoms with E-state index >= 15 is 0 Å². The third-order valence-corrected chi connectivity index (χ3v) is 2.25. The molecule has 1 saturated heterocycles. The molecule has 0 radical (unpaired) electrons. The minimum atomic E-state index is -0.259. The first-order valence-electron chi connectivity index (χ1n) is 4.81. The standard InChI is InChI=1S/C11H12N2O2/c1-7-2-3-8-5-9(4-7)13-11(15)6-10(14)12-8/h2-4H,5-6H2,1H3,(H,12,14)(H,13,15). The van der Waals surface area contributed by atoms with Crippen molar-refractivity contribution in [1.82, 2.24) is 10.6 Å². The molecule has 2 N–H and O–H groups in total. The maximum absolute atomic E-state index is 11.3. The predicted octanol–water partition coefficient (Wildman–Crippen LogP) is 0.740. The van der Waals surface area contributed by atoms with Crippen LogP contribution in [-0.2, 0) is 9.59 Å². The second kappa shape index (κ2) is 3.73. The minimum absolute atomic E-state index is 0.117. The van der Waals surface area contributed by atoms with E-state index in [1.807, 2.05) is 25.2 Å². The molecule has 0 spiro atoms. The molecular formula is C11H12N2O2. The van der Waals surface area contributed by atoms with Gasteiger partial charge in [-0.15, -0.1) is 0 Å². The number of carbonyl (C=O) groups is 2. The van der Waals surface area contributed by atoms with Gasteiger partial charge in [0, 0.05) is 17.8 Å². The van der Waals surface area contributed by atoms with Crippen molar-refractivity contribution in [3.63, 3.8) is 0 Å². The molecule has 0 aromatic carbocycles. The predicted molar refractivity (Wildman–Crippen MR) is 55.4 cm³/mol. The molecule has 78 valence electrons. The number of amides is 2. The molecule has 1 fully saturated rings. The molecule has 0 unspecified atom stereocenters. The van der Waals surface area contributed by atoms with E-state index in [2.05, 4.69) is 10.6 Å². The summed E-state index contributed by atoms with van der Waals surface area (Å²) in [6.07, 6.45) is 6.15. The van der Waals surface area contributed by atoms with E-state index < -0.39 is 0 Å². The van der Waals surface area contributed by atoms with Crippen LogP contribution in [0.25, 0.3) is 0 Å². The molecule has 0 saturated carbocycles. The first-order chi connectivity index (χ1) is 7.13. The monoisotopic (exact) mass is 204 g/mol. The van der Waals surface area contributed by atoms with Gasteiger partial charge in [0.1, 0.15) is 6.42 Å². The Bertz CT molecular complexity index is 416. The van der Waals surface area contributed by atoms with Crippen molar-refractivity contribution < 1.29 is 9.59 Å². The van der Waals surface area contributed by atoms with Gasteiger partial charge in [0.2, 0.25) is 11.8 Å². The molecule has 0 aromatic rings. The van der Waals surface area contributed by atoms with Gasteiger partial charge in [-0.25, -0.2) is 0 Å². The fourth-order valence-electron chi connectivity index (χ4n) is 1.63. The fourth-order valence-corrected chi connectivity index (χ4v) is 1.63. The molecule has 0 atom stereocenters. The number of hydrogen-bond donors (Lipinski definition) is 2. The van der Waals surface area contributed by atoms with Crippen LogP contribution in [0.4, 0.5) is 0 Å². The first kappa shape index (κ1) is 9.71. The van der Waals surface area contributed by atoms with Crippen LogP contribution >= 0.6 is 0 Å². The summed E-state index contributed by atoms with van der Waals surface area (Å²) in [4.78, 5) is 22.6. The molecule has 2 aliphatic rings. The molecule has 2 bridgehead atoms. The molecule has 4 nitrogen and oxygen atoms in total. The lowest BCUT2D eigenvalue weighted by Crippen LogP contribution is -2.35. The normalized spacial score (nSPS) is 21.0. The highest BCUT2D eigenvalue weighted by molar-refractivity contribution is 5.98. The SMILES string of the molecule is CC1=CC=C2CC(=C1)NC(=O)CC(=O)N2. The fraction of sp³-hybridized carbons (Fsp3) is 0.273. The van der Waals surface area contributed by atoms with Crippen LogP contribution < -0.4 is 10.6 Å². The summed E-state index contributed by atoms with van der Waals surface area (Å²) in [7, 11) is 0. The number of nitrogens with one attached hydrogen (secondary N) is 2. The van der Waals surface area contributed by atoms with Gasteiger partial charge in [-0.05, 0) is 24.6 Å². The third kappa shape index (κ3) is 2.34. The van der Waals surface area contributed by atoms with Crippen LogP contribution in [-0.4, -0.2) is 11.8 Å². The number of carbonyl (C=O) groups excluding carboxylic acids is 2. The number of fused-ring (bicyclic) bond motifs is 2. The second-order valence-electron chi connectivity index (χ2n) is 3.72. The van der Waals surface area contributed by atoms with Gasteiger partial charge in [-0.3, -0.25) is 9.59 Å². The van der Waals surface area contributed by atoms with Gasteiger partial charge in [-0.2, -0.15) is 0 Å². The van der Waals surface area contributed by atoms with Crippen molar-refractivity contribution >= 4 is 11.8 Å². The highest BCUT2D eigenvalue weighted by Crippen LogP contribution is 2.16. The van der Waals surface area contributed by atoms with E-state index in [0.717, 1.165) is 17.0 Å². The summed E-state index contributed by atoms with van der Waals surface area (Å²) >= 11 is 0. The zero-order valence-electron chi connectivity index (χ0n) is 8.46. The summed E-state index contributed by atoms with van der Waals surface area (Å²) in [6, 6.07) is 0. The second-order valence-corrected chi connectivity index (χ2v) is 3.72. The van der Waals surface area contributed by atoms with Crippen molar-refractivity contribution in [2.75, 3.05) is 0 Å². The van der Waals surface area contributed by atoms with Crippen LogP contribution in [0.15, 0.2) is 35.2 Å². The van der Waals surface area contributed by atoms with Gasteiger partial charge < -0.3 is 10.6 Å². The van der Waals surface area contributed by atoms with Crippen molar-refractivity contribution in [2.24, 2.45) is 0 Å². The summed E-state index contributed by atoms with van der Waals surface area (Å²) in [5.74, 6) is -0.516. The van der Waals surface area contributed by atoms with Crippen molar-refractivity contribution in [1.29, 1.82) is 0 Å². The molecule has 1 aliphatic heterocycles. The Hall–Kier alpha value is -1.84. The number of hydrogen-bond acceptors (Lipinski definition) is 2. The average molecular weight is 204 g/mol. The van der Waals surface area contributed by atoms with Crippen LogP contribution in [0.5, 0.6) is 0 Å². The Morgan fingerprint density at radius 1 is 1.00 bits per heavy atom. The zero-order valence-corrected chi connectivity index (χ0v) is 8.46. The van der Waals surface area contributed by atoms with Crippen LogP contribution in [0.3, 0.4) is 0 Å². The highest BCUT2D eigenvalue weighted by atomic mass is 16.2. The van der Waals surface area contributed by atoms with E-state index in [9.17, 15) is 9.59 Å². The quantitative estimate of drug-likeness (QED) is 0.572. The Morgan fingerprint density at radius 2 is 1.67 bits per heavy atom. The van der Waals surface area contributed by atoms with E-state index in [4.69, 9.17) is 0 Å². The van der Waals surface area contributed by atoms with E-state index in [0.29, 0.717) is 6.42 Å². The van der Waals surface area contributed by atoms with E-state index in [1.54, 1.807) is 0 Å². The lowest BCUT2D eigenvalue weighted by molar-refractivity contribution is -0.128. The Kier molecular flexibility index (Phi) is 2.41. The molecule has 4 heteroatoms. The van der Waals surface area contributed by atoms with Gasteiger partial charge in [0.15, 0.2) is 0 Å². The largest absolute Gasteiger partial charge is 0.329 e. The maximum atomic E-state index is 11.3. The lowest BCUT2D eigenvalue weighted by Gasteiger charge is -2.16. The summed E-state index contributed by atoms with van der Waals surface area (Å²) < 4.78 is 0. The minimum Gasteiger partial charge on any atom is -0.329 e. The lowest BCUT2D eigenvalue weighted by atomic mass is 10.2. The number of rotatable bonds is 0. The molecule has 1 heterocycles. The van der Waals surface area contributed by atoms with E-state index in [1.165, 1.54) is 0 Å². The molecule has 2 amide bonds. The summed E-state index contributed by atoms with van der Waals surface area (Å²) in [5.41, 5.74) is 2.71. The van der Waals surface area contributed by atoms with Crippen molar-refractivity contribution in [2.45, 2.75) is 19.8 Å². The van der Waals surface area contributed by atoms with E-state index in [-0.39, 0.29) is 18.2 Å². The van der Waals surface area contributed by atoms with Gasteiger partial charge in [-0.1, -0.05) is 6.08 Å². The van der Waals surface area contributed by atoms with Gasteiger partial charge in [0.05, 0.1) is 0 Å². The Labute approximate surface area is 87.7 Å². The van der Waals surface area contributed by atoms with Gasteiger partial charge in [0.25, 0.3) is 0 Å². The topological polar surface area (TPSA) is 58.2 Å². The Balaban J connectivity index is 2.34. The molecule has 2 rings (SSSR count). The highest BCUT2D eigenvalue weighted by Gasteiger charge is 2.17. The molecule has 1 aliphatic carbocycles. The zero-order chi connectivity index (χ0) is 10.8. The summed E-state index contributed by atoms with van der Waals surface area (Å²) in [6.45, 7) is 1.95. The summed E-state index contributed by atoms with van der Waals surface area (Å²) in [5, 5.41) is 5.45. The number of allylic oxidation sites excluding steroid dienone is 4. The van der Waals surface area contributed by atoms with Crippen molar-refractivity contribution in [3.05, 3.63) is 35.2 Å². The van der Waals surface area contributed by atoms with Crippen LogP contribution in [0, 0.1) is 0 Å². The van der Waals surface area contributed by atoms with Crippen LogP contribution in [0.1, 0.15) is 19.8 Å². The smallest absolute Gasteiger partial charge is 0.233 e. The molecule has 15 heavy (non-hydrogen) atoms. The molecule has 0 aromatic heterocycles.